The molecule has 1 aromatic carbocycles. The maximum Gasteiger partial charge on any atom is 0.251 e. The van der Waals surface area contributed by atoms with Gasteiger partial charge >= 0.3 is 0 Å². The fourth-order valence-electron chi connectivity index (χ4n) is 2.67. The zero-order valence-electron chi connectivity index (χ0n) is 16.7. The van der Waals surface area contributed by atoms with Crippen molar-refractivity contribution in [3.63, 3.8) is 0 Å². The van der Waals surface area contributed by atoms with Crippen LogP contribution in [0.3, 0.4) is 0 Å². The standard InChI is InChI=1S/C19H27N3O4S/c1-13-17(14(2)26-21-13)27(24,25)22(6)12-11-20-18(23)15-7-9-16(10-8-15)19(3,4)5/h7-10H,11-12H2,1-6H3,(H,20,23). The molecule has 0 aliphatic rings. The number of nitrogens with zero attached hydrogens (tertiary/aromatic N) is 2. The zero-order valence-corrected chi connectivity index (χ0v) is 17.5. The second kappa shape index (κ2) is 7.82. The number of carbonyl (C=O) groups excluding carboxylic acids is 1. The summed E-state index contributed by atoms with van der Waals surface area (Å²) in [4.78, 5) is 12.3. The number of hydrogen-bond acceptors (Lipinski definition) is 5. The number of aryl methyl sites for hydroxylation is 2. The second-order valence-corrected chi connectivity index (χ2v) is 9.54. The summed E-state index contributed by atoms with van der Waals surface area (Å²) >= 11 is 0. The van der Waals surface area contributed by atoms with E-state index in [0.29, 0.717) is 11.3 Å². The van der Waals surface area contributed by atoms with Crippen LogP contribution < -0.4 is 5.32 Å². The first-order chi connectivity index (χ1) is 12.4. The largest absolute Gasteiger partial charge is 0.360 e. The van der Waals surface area contributed by atoms with Gasteiger partial charge in [-0.1, -0.05) is 38.1 Å². The van der Waals surface area contributed by atoms with E-state index >= 15 is 0 Å². The third-order valence-electron chi connectivity index (χ3n) is 4.36. The molecule has 0 saturated carbocycles. The lowest BCUT2D eigenvalue weighted by Crippen LogP contribution is -2.36. The van der Waals surface area contributed by atoms with Crippen LogP contribution in [0, 0.1) is 13.8 Å². The summed E-state index contributed by atoms with van der Waals surface area (Å²) in [6.07, 6.45) is 0. The van der Waals surface area contributed by atoms with Crippen LogP contribution >= 0.6 is 0 Å². The highest BCUT2D eigenvalue weighted by Gasteiger charge is 2.28. The van der Waals surface area contributed by atoms with E-state index in [0.717, 1.165) is 5.56 Å². The predicted molar refractivity (Wildman–Crippen MR) is 103 cm³/mol. The van der Waals surface area contributed by atoms with E-state index in [9.17, 15) is 13.2 Å². The lowest BCUT2D eigenvalue weighted by molar-refractivity contribution is 0.0952. The molecule has 0 radical (unpaired) electrons. The zero-order chi connectivity index (χ0) is 20.4. The molecule has 0 aliphatic heterocycles. The average molecular weight is 394 g/mol. The van der Waals surface area contributed by atoms with Crippen LogP contribution in [0.4, 0.5) is 0 Å². The molecule has 2 aromatic rings. The van der Waals surface area contributed by atoms with Crippen molar-refractivity contribution in [3.05, 3.63) is 46.8 Å². The van der Waals surface area contributed by atoms with Gasteiger partial charge in [0.2, 0.25) is 10.0 Å². The Balaban J connectivity index is 1.96. The Kier molecular flexibility index (Phi) is 6.11. The normalized spacial score (nSPS) is 12.4. The molecule has 7 nitrogen and oxygen atoms in total. The third-order valence-corrected chi connectivity index (χ3v) is 6.46. The van der Waals surface area contributed by atoms with Gasteiger partial charge in [-0.15, -0.1) is 0 Å². The van der Waals surface area contributed by atoms with Crippen molar-refractivity contribution >= 4 is 15.9 Å². The fourth-order valence-corrected chi connectivity index (χ4v) is 4.12. The molecule has 8 heteroatoms. The molecule has 2 rings (SSSR count). The minimum absolute atomic E-state index is 0.0181. The quantitative estimate of drug-likeness (QED) is 0.814. The van der Waals surface area contributed by atoms with Gasteiger partial charge in [-0.25, -0.2) is 8.42 Å². The Morgan fingerprint density at radius 1 is 1.19 bits per heavy atom. The number of nitrogens with one attached hydrogen (secondary N) is 1. The number of sulfonamides is 1. The molecular weight excluding hydrogens is 366 g/mol. The SMILES string of the molecule is Cc1noc(C)c1S(=O)(=O)N(C)CCNC(=O)c1ccc(C(C)(C)C)cc1. The number of carbonyl (C=O) groups is 1. The van der Waals surface area contributed by atoms with Crippen LogP contribution in [0.1, 0.15) is 48.1 Å². The summed E-state index contributed by atoms with van der Waals surface area (Å²) in [5.74, 6) is 0.0147. The van der Waals surface area contributed by atoms with Gasteiger partial charge in [0.25, 0.3) is 5.91 Å². The number of amides is 1. The highest BCUT2D eigenvalue weighted by molar-refractivity contribution is 7.89. The fraction of sp³-hybridized carbons (Fsp3) is 0.474. The van der Waals surface area contributed by atoms with Crippen molar-refractivity contribution in [2.24, 2.45) is 0 Å². The highest BCUT2D eigenvalue weighted by Crippen LogP contribution is 2.23. The minimum atomic E-state index is -3.72. The molecule has 0 unspecified atom stereocenters. The molecule has 0 spiro atoms. The number of likely N-dealkylation sites (N-methyl/N-ethyl adjacent to an activating group) is 1. The van der Waals surface area contributed by atoms with Gasteiger partial charge in [0, 0.05) is 25.7 Å². The molecular formula is C19H27N3O4S. The van der Waals surface area contributed by atoms with Crippen molar-refractivity contribution in [2.45, 2.75) is 44.9 Å². The van der Waals surface area contributed by atoms with Crippen LogP contribution in [0.15, 0.2) is 33.7 Å². The van der Waals surface area contributed by atoms with E-state index in [-0.39, 0.29) is 35.1 Å². The Hall–Kier alpha value is -2.19. The maximum absolute atomic E-state index is 12.6. The van der Waals surface area contributed by atoms with Crippen LogP contribution in [0.25, 0.3) is 0 Å². The summed E-state index contributed by atoms with van der Waals surface area (Å²) < 4.78 is 31.4. The summed E-state index contributed by atoms with van der Waals surface area (Å²) in [6, 6.07) is 7.42. The molecule has 0 fully saturated rings. The van der Waals surface area contributed by atoms with Crippen LogP contribution in [-0.4, -0.2) is 43.9 Å². The molecule has 148 valence electrons. The maximum atomic E-state index is 12.6. The van der Waals surface area contributed by atoms with Crippen molar-refractivity contribution < 1.29 is 17.7 Å². The van der Waals surface area contributed by atoms with Gasteiger partial charge in [-0.3, -0.25) is 4.79 Å². The Morgan fingerprint density at radius 2 is 1.78 bits per heavy atom. The van der Waals surface area contributed by atoms with Crippen molar-refractivity contribution in [1.82, 2.24) is 14.8 Å². The molecule has 1 amide bonds. The van der Waals surface area contributed by atoms with E-state index in [1.54, 1.807) is 26.0 Å². The van der Waals surface area contributed by atoms with Gasteiger partial charge in [-0.05, 0) is 37.0 Å². The Morgan fingerprint density at radius 3 is 2.26 bits per heavy atom. The Bertz CT molecular complexity index is 890. The number of hydrogen-bond donors (Lipinski definition) is 1. The summed E-state index contributed by atoms with van der Waals surface area (Å²) in [5, 5.41) is 6.44. The molecule has 0 aliphatic carbocycles. The predicted octanol–water partition coefficient (Wildman–Crippen LogP) is 2.64. The monoisotopic (exact) mass is 393 g/mol. The van der Waals surface area contributed by atoms with E-state index in [4.69, 9.17) is 4.52 Å². The second-order valence-electron chi connectivity index (χ2n) is 7.56. The van der Waals surface area contributed by atoms with Gasteiger partial charge in [-0.2, -0.15) is 4.31 Å². The van der Waals surface area contributed by atoms with E-state index in [2.05, 4.69) is 31.2 Å². The average Bonchev–Trinajstić information content (AvgIpc) is 2.93. The minimum Gasteiger partial charge on any atom is -0.360 e. The van der Waals surface area contributed by atoms with Crippen molar-refractivity contribution in [2.75, 3.05) is 20.1 Å². The molecule has 1 N–H and O–H groups in total. The first-order valence-corrected chi connectivity index (χ1v) is 10.2. The van der Waals surface area contributed by atoms with E-state index < -0.39 is 10.0 Å². The lowest BCUT2D eigenvalue weighted by atomic mass is 9.87. The van der Waals surface area contributed by atoms with Crippen LogP contribution in [0.2, 0.25) is 0 Å². The van der Waals surface area contributed by atoms with Crippen molar-refractivity contribution in [3.8, 4) is 0 Å². The number of aromatic nitrogens is 1. The van der Waals surface area contributed by atoms with Gasteiger partial charge < -0.3 is 9.84 Å². The molecule has 0 atom stereocenters. The van der Waals surface area contributed by atoms with Crippen LogP contribution in [-0.2, 0) is 15.4 Å². The summed E-state index contributed by atoms with van der Waals surface area (Å²) in [7, 11) is -2.25. The molecule has 1 aromatic heterocycles. The first kappa shape index (κ1) is 21.1. The summed E-state index contributed by atoms with van der Waals surface area (Å²) in [5.41, 5.74) is 2.02. The van der Waals surface area contributed by atoms with Crippen molar-refractivity contribution in [1.29, 1.82) is 0 Å². The molecule has 1 heterocycles. The molecule has 27 heavy (non-hydrogen) atoms. The topological polar surface area (TPSA) is 92.5 Å². The Labute approximate surface area is 160 Å². The third kappa shape index (κ3) is 4.75. The van der Waals surface area contributed by atoms with Crippen LogP contribution in [0.5, 0.6) is 0 Å². The van der Waals surface area contributed by atoms with E-state index in [1.165, 1.54) is 11.4 Å². The van der Waals surface area contributed by atoms with Gasteiger partial charge in [0.15, 0.2) is 5.76 Å². The lowest BCUT2D eigenvalue weighted by Gasteiger charge is -2.19. The highest BCUT2D eigenvalue weighted by atomic mass is 32.2. The molecule has 0 bridgehead atoms. The number of rotatable bonds is 6. The molecule has 0 saturated heterocycles. The van der Waals surface area contributed by atoms with Gasteiger partial charge in [0.05, 0.1) is 0 Å². The first-order valence-electron chi connectivity index (χ1n) is 8.72. The van der Waals surface area contributed by atoms with Gasteiger partial charge in [0.1, 0.15) is 10.6 Å². The van der Waals surface area contributed by atoms with E-state index in [1.807, 2.05) is 12.1 Å². The summed E-state index contributed by atoms with van der Waals surface area (Å²) in [6.45, 7) is 9.80. The smallest absolute Gasteiger partial charge is 0.251 e. The number of benzene rings is 1.